The highest BCUT2D eigenvalue weighted by Crippen LogP contribution is 2.16. The van der Waals surface area contributed by atoms with Crippen LogP contribution in [0.5, 0.6) is 0 Å². The van der Waals surface area contributed by atoms with Crippen molar-refractivity contribution in [2.45, 2.75) is 0 Å². The van der Waals surface area contributed by atoms with E-state index < -0.39 is 0 Å². The fraction of sp³-hybridized carbons (Fsp3) is 0. The third-order valence-corrected chi connectivity index (χ3v) is 2.79. The Morgan fingerprint density at radius 1 is 1.00 bits per heavy atom. The Morgan fingerprint density at radius 2 is 2.00 bits per heavy atom. The van der Waals surface area contributed by atoms with Crippen LogP contribution in [0.2, 0.25) is 0 Å². The predicted molar refractivity (Wildman–Crippen MR) is 65.0 cm³/mol. The second-order valence-corrected chi connectivity index (χ2v) is 3.95. The first-order valence-electron chi connectivity index (χ1n) is 5.51. The maximum absolute atomic E-state index is 4.47. The minimum Gasteiger partial charge on any atom is -0.288 e. The number of pyridine rings is 2. The average molecular weight is 236 g/mol. The van der Waals surface area contributed by atoms with Crippen molar-refractivity contribution >= 4 is 11.3 Å². The molecule has 4 heterocycles. The molecule has 86 valence electrons. The topological polar surface area (TPSA) is 60.4 Å². The first-order valence-corrected chi connectivity index (χ1v) is 5.51. The van der Waals surface area contributed by atoms with Crippen LogP contribution in [0.4, 0.5) is 0 Å². The van der Waals surface area contributed by atoms with Gasteiger partial charge >= 0.3 is 0 Å². The van der Waals surface area contributed by atoms with Gasteiger partial charge in [-0.1, -0.05) is 6.07 Å². The molecule has 0 aromatic carbocycles. The number of nitrogens with zero attached hydrogens (tertiary/aromatic N) is 6. The molecule has 0 aliphatic rings. The standard InChI is InChI=1S/C12H8N6/c1-2-6-18-10(3-1)14-12(16-18)9-4-5-11-15-13-8-17(11)7-9/h1-8H. The third-order valence-electron chi connectivity index (χ3n) is 2.79. The summed E-state index contributed by atoms with van der Waals surface area (Å²) in [5, 5.41) is 12.2. The van der Waals surface area contributed by atoms with Gasteiger partial charge in [0, 0.05) is 18.0 Å². The molecule has 4 rings (SSSR count). The van der Waals surface area contributed by atoms with Crippen molar-refractivity contribution in [3.8, 4) is 11.4 Å². The van der Waals surface area contributed by atoms with E-state index in [2.05, 4.69) is 20.3 Å². The molecule has 0 aliphatic carbocycles. The summed E-state index contributed by atoms with van der Waals surface area (Å²) < 4.78 is 3.60. The second-order valence-electron chi connectivity index (χ2n) is 3.95. The van der Waals surface area contributed by atoms with E-state index in [0.29, 0.717) is 5.82 Å². The summed E-state index contributed by atoms with van der Waals surface area (Å²) in [6.45, 7) is 0. The van der Waals surface area contributed by atoms with E-state index in [4.69, 9.17) is 0 Å². The first kappa shape index (κ1) is 9.29. The summed E-state index contributed by atoms with van der Waals surface area (Å²) in [6, 6.07) is 9.63. The van der Waals surface area contributed by atoms with Gasteiger partial charge in [-0.15, -0.1) is 15.3 Å². The highest BCUT2D eigenvalue weighted by atomic mass is 15.3. The number of hydrogen-bond acceptors (Lipinski definition) is 4. The Hall–Kier alpha value is -2.76. The molecule has 0 bridgehead atoms. The molecule has 0 N–H and O–H groups in total. The Labute approximate surface area is 102 Å². The van der Waals surface area contributed by atoms with Crippen LogP contribution in [0.15, 0.2) is 49.1 Å². The molecular formula is C12H8N6. The molecule has 0 fully saturated rings. The summed E-state index contributed by atoms with van der Waals surface area (Å²) in [5.74, 6) is 0.691. The maximum atomic E-state index is 4.47. The molecule has 6 heteroatoms. The zero-order valence-electron chi connectivity index (χ0n) is 9.30. The molecule has 0 amide bonds. The summed E-state index contributed by atoms with van der Waals surface area (Å²) >= 11 is 0. The van der Waals surface area contributed by atoms with Crippen LogP contribution in [-0.4, -0.2) is 29.2 Å². The maximum Gasteiger partial charge on any atom is 0.183 e. The molecule has 0 atom stereocenters. The van der Waals surface area contributed by atoms with Crippen LogP contribution in [-0.2, 0) is 0 Å². The van der Waals surface area contributed by atoms with Crippen molar-refractivity contribution in [1.82, 2.24) is 29.2 Å². The molecule has 18 heavy (non-hydrogen) atoms. The lowest BCUT2D eigenvalue weighted by Crippen LogP contribution is -1.88. The van der Waals surface area contributed by atoms with E-state index in [1.54, 1.807) is 10.8 Å². The van der Waals surface area contributed by atoms with Gasteiger partial charge in [-0.3, -0.25) is 4.40 Å². The zero-order chi connectivity index (χ0) is 11.9. The molecule has 0 aliphatic heterocycles. The van der Waals surface area contributed by atoms with Crippen molar-refractivity contribution in [3.63, 3.8) is 0 Å². The summed E-state index contributed by atoms with van der Waals surface area (Å²) in [5.41, 5.74) is 2.57. The smallest absolute Gasteiger partial charge is 0.183 e. The lowest BCUT2D eigenvalue weighted by molar-refractivity contribution is 0.964. The van der Waals surface area contributed by atoms with E-state index >= 15 is 0 Å². The summed E-state index contributed by atoms with van der Waals surface area (Å²) in [7, 11) is 0. The number of aromatic nitrogens is 6. The first-order chi connectivity index (χ1) is 8.90. The van der Waals surface area contributed by atoms with Gasteiger partial charge in [-0.2, -0.15) is 0 Å². The average Bonchev–Trinajstić information content (AvgIpc) is 3.04. The third kappa shape index (κ3) is 1.29. The quantitative estimate of drug-likeness (QED) is 0.501. The zero-order valence-corrected chi connectivity index (χ0v) is 9.30. The minimum atomic E-state index is 0.691. The summed E-state index contributed by atoms with van der Waals surface area (Å²) in [4.78, 5) is 4.47. The molecule has 6 nitrogen and oxygen atoms in total. The SMILES string of the molecule is c1ccn2nc(-c3ccc4nncn4c3)nc2c1. The van der Waals surface area contributed by atoms with Crippen molar-refractivity contribution in [1.29, 1.82) is 0 Å². The lowest BCUT2D eigenvalue weighted by Gasteiger charge is -1.95. The van der Waals surface area contributed by atoms with E-state index in [1.165, 1.54) is 0 Å². The van der Waals surface area contributed by atoms with E-state index in [0.717, 1.165) is 16.9 Å². The highest BCUT2D eigenvalue weighted by Gasteiger charge is 2.06. The van der Waals surface area contributed by atoms with E-state index in [9.17, 15) is 0 Å². The molecular weight excluding hydrogens is 228 g/mol. The van der Waals surface area contributed by atoms with Gasteiger partial charge in [0.2, 0.25) is 0 Å². The van der Waals surface area contributed by atoms with Crippen molar-refractivity contribution < 1.29 is 0 Å². The van der Waals surface area contributed by atoms with E-state index in [1.807, 2.05) is 47.1 Å². The van der Waals surface area contributed by atoms with Crippen LogP contribution < -0.4 is 0 Å². The summed E-state index contributed by atoms with van der Waals surface area (Å²) in [6.07, 6.45) is 5.46. The largest absolute Gasteiger partial charge is 0.288 e. The molecule has 4 aromatic rings. The molecule has 0 radical (unpaired) electrons. The molecule has 0 saturated carbocycles. The van der Waals surface area contributed by atoms with Gasteiger partial charge in [-0.25, -0.2) is 9.50 Å². The fourth-order valence-corrected chi connectivity index (χ4v) is 1.91. The van der Waals surface area contributed by atoms with Gasteiger partial charge in [-0.05, 0) is 24.3 Å². The lowest BCUT2D eigenvalue weighted by atomic mass is 10.3. The normalized spacial score (nSPS) is 11.3. The fourth-order valence-electron chi connectivity index (χ4n) is 1.91. The van der Waals surface area contributed by atoms with Crippen LogP contribution in [0.3, 0.4) is 0 Å². The predicted octanol–water partition coefficient (Wildman–Crippen LogP) is 1.44. The molecule has 0 unspecified atom stereocenters. The van der Waals surface area contributed by atoms with Gasteiger partial charge in [0.15, 0.2) is 17.1 Å². The van der Waals surface area contributed by atoms with Crippen LogP contribution in [0, 0.1) is 0 Å². The molecule has 0 spiro atoms. The Morgan fingerprint density at radius 3 is 2.94 bits per heavy atom. The second kappa shape index (κ2) is 3.36. The van der Waals surface area contributed by atoms with Crippen molar-refractivity contribution in [3.05, 3.63) is 49.1 Å². The van der Waals surface area contributed by atoms with Gasteiger partial charge in [0.05, 0.1) is 0 Å². The van der Waals surface area contributed by atoms with Crippen molar-refractivity contribution in [2.24, 2.45) is 0 Å². The Kier molecular flexibility index (Phi) is 1.74. The van der Waals surface area contributed by atoms with Crippen LogP contribution in [0.25, 0.3) is 22.7 Å². The Bertz CT molecular complexity index is 811. The molecule has 0 saturated heterocycles. The van der Waals surface area contributed by atoms with Gasteiger partial charge in [0.1, 0.15) is 6.33 Å². The van der Waals surface area contributed by atoms with Crippen LogP contribution >= 0.6 is 0 Å². The van der Waals surface area contributed by atoms with Gasteiger partial charge < -0.3 is 0 Å². The number of fused-ring (bicyclic) bond motifs is 2. The van der Waals surface area contributed by atoms with Crippen LogP contribution in [0.1, 0.15) is 0 Å². The number of hydrogen-bond donors (Lipinski definition) is 0. The van der Waals surface area contributed by atoms with Gasteiger partial charge in [0.25, 0.3) is 0 Å². The molecule has 4 aromatic heterocycles. The monoisotopic (exact) mass is 236 g/mol. The highest BCUT2D eigenvalue weighted by molar-refractivity contribution is 5.59. The van der Waals surface area contributed by atoms with E-state index in [-0.39, 0.29) is 0 Å². The number of rotatable bonds is 1. The minimum absolute atomic E-state index is 0.691. The Balaban J connectivity index is 1.94. The van der Waals surface area contributed by atoms with Crippen molar-refractivity contribution in [2.75, 3.05) is 0 Å².